The van der Waals surface area contributed by atoms with Gasteiger partial charge in [-0.05, 0) is 19.4 Å². The molecule has 2 nitrogen and oxygen atoms in total. The molecule has 0 radical (unpaired) electrons. The van der Waals surface area contributed by atoms with Gasteiger partial charge in [0, 0.05) is 11.3 Å². The lowest BCUT2D eigenvalue weighted by atomic mass is 10.2. The lowest BCUT2D eigenvalue weighted by molar-refractivity contribution is 0.596. The summed E-state index contributed by atoms with van der Waals surface area (Å²) in [6.45, 7) is 15.1. The second kappa shape index (κ2) is 7.60. The van der Waals surface area contributed by atoms with Crippen molar-refractivity contribution in [1.29, 1.82) is 0 Å². The second-order valence-corrected chi connectivity index (χ2v) is 3.40. The van der Waals surface area contributed by atoms with E-state index in [0.717, 1.165) is 11.3 Å². The first kappa shape index (κ1) is 15.4. The molecule has 17 heavy (non-hydrogen) atoms. The fraction of sp³-hybridized carbons (Fsp3) is 0.357. The summed E-state index contributed by atoms with van der Waals surface area (Å²) in [5.74, 6) is -0.442. The molecule has 0 saturated heterocycles. The van der Waals surface area contributed by atoms with E-state index in [4.69, 9.17) is 0 Å². The summed E-state index contributed by atoms with van der Waals surface area (Å²) in [5, 5.41) is 4.15. The predicted octanol–water partition coefficient (Wildman–Crippen LogP) is 4.12. The summed E-state index contributed by atoms with van der Waals surface area (Å²) >= 11 is 0. The number of nitrogens with zero attached hydrogens (tertiary/aromatic N) is 2. The summed E-state index contributed by atoms with van der Waals surface area (Å²) in [7, 11) is 0. The predicted molar refractivity (Wildman–Crippen MR) is 71.6 cm³/mol. The van der Waals surface area contributed by atoms with Gasteiger partial charge in [0.25, 0.3) is 0 Å². The molecule has 1 rings (SSSR count). The molecule has 0 amide bonds. The standard InChI is InChI=1S/C12H15FN2.C2H6/c1-5-6-12(10(3)13)8-15-11(4)9(2)7-14-15;1-2/h5-7H,1,3,8H2,2,4H3;1-2H3/b12-6-;. The number of rotatable bonds is 4. The highest BCUT2D eigenvalue weighted by atomic mass is 19.1. The van der Waals surface area contributed by atoms with Crippen LogP contribution in [0.25, 0.3) is 0 Å². The highest BCUT2D eigenvalue weighted by Gasteiger charge is 2.06. The number of hydrogen-bond acceptors (Lipinski definition) is 1. The molecule has 0 aliphatic heterocycles. The Morgan fingerprint density at radius 1 is 1.47 bits per heavy atom. The largest absolute Gasteiger partial charge is 0.265 e. The lowest BCUT2D eigenvalue weighted by Crippen LogP contribution is -2.05. The van der Waals surface area contributed by atoms with Gasteiger partial charge in [-0.15, -0.1) is 0 Å². The molecule has 0 N–H and O–H groups in total. The van der Waals surface area contributed by atoms with Crippen LogP contribution in [0.3, 0.4) is 0 Å². The Balaban J connectivity index is 0.00000121. The Morgan fingerprint density at radius 3 is 2.41 bits per heavy atom. The quantitative estimate of drug-likeness (QED) is 0.719. The first-order valence-electron chi connectivity index (χ1n) is 5.71. The summed E-state index contributed by atoms with van der Waals surface area (Å²) in [5.41, 5.74) is 2.62. The maximum Gasteiger partial charge on any atom is 0.121 e. The lowest BCUT2D eigenvalue weighted by Gasteiger charge is -2.06. The molecule has 3 heteroatoms. The van der Waals surface area contributed by atoms with Crippen molar-refractivity contribution in [3.8, 4) is 0 Å². The molecule has 0 aliphatic carbocycles. The van der Waals surface area contributed by atoms with E-state index < -0.39 is 5.83 Å². The van der Waals surface area contributed by atoms with Gasteiger partial charge < -0.3 is 0 Å². The summed E-state index contributed by atoms with van der Waals surface area (Å²) in [6.07, 6.45) is 4.92. The Morgan fingerprint density at radius 2 is 2.06 bits per heavy atom. The molecule has 0 bridgehead atoms. The maximum absolute atomic E-state index is 13.0. The van der Waals surface area contributed by atoms with E-state index in [1.807, 2.05) is 27.7 Å². The molecule has 1 aromatic heterocycles. The van der Waals surface area contributed by atoms with Gasteiger partial charge in [-0.3, -0.25) is 4.68 Å². The van der Waals surface area contributed by atoms with E-state index in [9.17, 15) is 4.39 Å². The molecular formula is C14H21FN2. The van der Waals surface area contributed by atoms with E-state index >= 15 is 0 Å². The zero-order valence-electron chi connectivity index (χ0n) is 11.1. The molecule has 0 aliphatic rings. The molecule has 0 aromatic carbocycles. The molecule has 0 spiro atoms. The Labute approximate surface area is 103 Å². The minimum atomic E-state index is -0.442. The van der Waals surface area contributed by atoms with Crippen molar-refractivity contribution >= 4 is 0 Å². The van der Waals surface area contributed by atoms with Crippen molar-refractivity contribution in [3.05, 3.63) is 54.2 Å². The SMILES string of the molecule is C=C/C=C(/Cn1ncc(C)c1C)C(=C)F.CC. The van der Waals surface area contributed by atoms with Crippen molar-refractivity contribution in [2.75, 3.05) is 0 Å². The molecule has 0 fully saturated rings. The third-order valence-electron chi connectivity index (χ3n) is 2.34. The summed E-state index contributed by atoms with van der Waals surface area (Å²) in [6, 6.07) is 0. The van der Waals surface area contributed by atoms with Crippen molar-refractivity contribution in [2.24, 2.45) is 0 Å². The number of halogens is 1. The van der Waals surface area contributed by atoms with Gasteiger partial charge in [0.15, 0.2) is 0 Å². The van der Waals surface area contributed by atoms with Gasteiger partial charge >= 0.3 is 0 Å². The van der Waals surface area contributed by atoms with Crippen LogP contribution in [0.5, 0.6) is 0 Å². The normalized spacial score (nSPS) is 10.5. The van der Waals surface area contributed by atoms with Crippen LogP contribution in [0.4, 0.5) is 4.39 Å². The smallest absolute Gasteiger partial charge is 0.121 e. The van der Waals surface area contributed by atoms with Gasteiger partial charge in [-0.25, -0.2) is 4.39 Å². The summed E-state index contributed by atoms with van der Waals surface area (Å²) in [4.78, 5) is 0. The second-order valence-electron chi connectivity index (χ2n) is 3.40. The van der Waals surface area contributed by atoms with E-state index in [-0.39, 0.29) is 0 Å². The minimum absolute atomic E-state index is 0.390. The Hall–Kier alpha value is -1.64. The zero-order chi connectivity index (χ0) is 13.4. The van der Waals surface area contributed by atoms with Crippen LogP contribution in [-0.2, 0) is 6.54 Å². The van der Waals surface area contributed by atoms with Crippen molar-refractivity contribution in [2.45, 2.75) is 34.2 Å². The molecule has 1 heterocycles. The van der Waals surface area contributed by atoms with Gasteiger partial charge in [-0.2, -0.15) is 5.10 Å². The van der Waals surface area contributed by atoms with Crippen LogP contribution in [0, 0.1) is 13.8 Å². The minimum Gasteiger partial charge on any atom is -0.265 e. The monoisotopic (exact) mass is 236 g/mol. The number of aromatic nitrogens is 2. The Kier molecular flexibility index (Phi) is 6.87. The van der Waals surface area contributed by atoms with Crippen molar-refractivity contribution in [3.63, 3.8) is 0 Å². The van der Waals surface area contributed by atoms with Crippen LogP contribution in [0.1, 0.15) is 25.1 Å². The molecule has 1 aromatic rings. The number of hydrogen-bond donors (Lipinski definition) is 0. The molecule has 94 valence electrons. The van der Waals surface area contributed by atoms with E-state index in [2.05, 4.69) is 18.3 Å². The van der Waals surface area contributed by atoms with Gasteiger partial charge in [0.1, 0.15) is 5.83 Å². The van der Waals surface area contributed by atoms with E-state index in [1.54, 1.807) is 23.0 Å². The molecule has 0 unspecified atom stereocenters. The van der Waals surface area contributed by atoms with Crippen molar-refractivity contribution < 1.29 is 4.39 Å². The topological polar surface area (TPSA) is 17.8 Å². The Bertz CT molecular complexity index is 414. The zero-order valence-corrected chi connectivity index (χ0v) is 11.1. The van der Waals surface area contributed by atoms with Crippen LogP contribution < -0.4 is 0 Å². The highest BCUT2D eigenvalue weighted by Crippen LogP contribution is 2.14. The molecule has 0 atom stereocenters. The van der Waals surface area contributed by atoms with Gasteiger partial charge in [0.05, 0.1) is 12.7 Å². The van der Waals surface area contributed by atoms with Gasteiger partial charge in [0.2, 0.25) is 0 Å². The number of allylic oxidation sites excluding steroid dienone is 4. The van der Waals surface area contributed by atoms with Crippen LogP contribution >= 0.6 is 0 Å². The molecular weight excluding hydrogens is 215 g/mol. The van der Waals surface area contributed by atoms with Crippen LogP contribution in [0.2, 0.25) is 0 Å². The van der Waals surface area contributed by atoms with Crippen molar-refractivity contribution in [1.82, 2.24) is 9.78 Å². The van der Waals surface area contributed by atoms with Crippen LogP contribution in [-0.4, -0.2) is 9.78 Å². The van der Waals surface area contributed by atoms with E-state index in [1.165, 1.54) is 0 Å². The van der Waals surface area contributed by atoms with Crippen LogP contribution in [0.15, 0.2) is 42.9 Å². The third-order valence-corrected chi connectivity index (χ3v) is 2.34. The maximum atomic E-state index is 13.0. The third kappa shape index (κ3) is 4.39. The average molecular weight is 236 g/mol. The number of aryl methyl sites for hydroxylation is 1. The average Bonchev–Trinajstić information content (AvgIpc) is 2.63. The first-order chi connectivity index (χ1) is 8.06. The fourth-order valence-corrected chi connectivity index (χ4v) is 1.23. The summed E-state index contributed by atoms with van der Waals surface area (Å²) < 4.78 is 14.8. The van der Waals surface area contributed by atoms with Gasteiger partial charge in [-0.1, -0.05) is 39.2 Å². The first-order valence-corrected chi connectivity index (χ1v) is 5.71. The fourth-order valence-electron chi connectivity index (χ4n) is 1.23. The molecule has 0 saturated carbocycles. The van der Waals surface area contributed by atoms with E-state index in [0.29, 0.717) is 12.1 Å². The highest BCUT2D eigenvalue weighted by molar-refractivity contribution is 5.27.